The lowest BCUT2D eigenvalue weighted by atomic mass is 10.2. The molecule has 0 atom stereocenters. The molecule has 2 N–H and O–H groups in total. The largest absolute Gasteiger partial charge is 0.497 e. The van der Waals surface area contributed by atoms with Crippen LogP contribution in [-0.4, -0.2) is 39.4 Å². The minimum Gasteiger partial charge on any atom is -0.497 e. The number of amides is 2. The van der Waals surface area contributed by atoms with Crippen LogP contribution in [0, 0.1) is 0 Å². The molecule has 0 fully saturated rings. The van der Waals surface area contributed by atoms with E-state index in [1.165, 1.54) is 11.8 Å². The Labute approximate surface area is 195 Å². The van der Waals surface area contributed by atoms with Crippen molar-refractivity contribution >= 4 is 40.9 Å². The number of anilines is 1. The fourth-order valence-electron chi connectivity index (χ4n) is 2.79. The Kier molecular flexibility index (Phi) is 8.29. The molecule has 0 saturated heterocycles. The molecule has 0 aliphatic heterocycles. The summed E-state index contributed by atoms with van der Waals surface area (Å²) in [5.41, 5.74) is 1.10. The third-order valence-corrected chi connectivity index (χ3v) is 5.49. The van der Waals surface area contributed by atoms with Gasteiger partial charge in [0.25, 0.3) is 5.91 Å². The first-order valence-electron chi connectivity index (χ1n) is 9.63. The highest BCUT2D eigenvalue weighted by Crippen LogP contribution is 2.20. The molecule has 8 nitrogen and oxygen atoms in total. The molecule has 0 spiro atoms. The summed E-state index contributed by atoms with van der Waals surface area (Å²) in [4.78, 5) is 24.7. The van der Waals surface area contributed by atoms with Crippen LogP contribution in [-0.2, 0) is 17.9 Å². The van der Waals surface area contributed by atoms with Gasteiger partial charge >= 0.3 is 0 Å². The number of hydrogen-bond donors (Lipinski definition) is 2. The first-order chi connectivity index (χ1) is 15.5. The van der Waals surface area contributed by atoms with E-state index in [0.29, 0.717) is 39.5 Å². The number of allylic oxidation sites excluding steroid dienone is 1. The van der Waals surface area contributed by atoms with Gasteiger partial charge in [0.15, 0.2) is 11.0 Å². The van der Waals surface area contributed by atoms with E-state index in [0.717, 1.165) is 0 Å². The van der Waals surface area contributed by atoms with Crippen LogP contribution in [0.4, 0.5) is 5.69 Å². The van der Waals surface area contributed by atoms with Gasteiger partial charge in [0, 0.05) is 28.9 Å². The lowest BCUT2D eigenvalue weighted by molar-refractivity contribution is -0.113. The van der Waals surface area contributed by atoms with Gasteiger partial charge in [-0.2, -0.15) is 0 Å². The van der Waals surface area contributed by atoms with Crippen molar-refractivity contribution in [3.63, 3.8) is 0 Å². The number of nitrogens with zero attached hydrogens (tertiary/aromatic N) is 3. The quantitative estimate of drug-likeness (QED) is 0.345. The van der Waals surface area contributed by atoms with Crippen molar-refractivity contribution in [2.75, 3.05) is 18.2 Å². The van der Waals surface area contributed by atoms with E-state index in [1.807, 2.05) is 0 Å². The number of ether oxygens (including phenoxy) is 1. The summed E-state index contributed by atoms with van der Waals surface area (Å²) in [5.74, 6) is 0.891. The van der Waals surface area contributed by atoms with Crippen molar-refractivity contribution < 1.29 is 14.3 Å². The van der Waals surface area contributed by atoms with E-state index in [1.54, 1.807) is 66.3 Å². The summed E-state index contributed by atoms with van der Waals surface area (Å²) < 4.78 is 6.96. The molecular weight excluding hydrogens is 450 g/mol. The van der Waals surface area contributed by atoms with Crippen molar-refractivity contribution in [3.05, 3.63) is 77.6 Å². The highest BCUT2D eigenvalue weighted by atomic mass is 35.5. The summed E-state index contributed by atoms with van der Waals surface area (Å²) in [6, 6.07) is 13.8. The van der Waals surface area contributed by atoms with Gasteiger partial charge < -0.3 is 19.9 Å². The summed E-state index contributed by atoms with van der Waals surface area (Å²) in [6.45, 7) is 4.37. The van der Waals surface area contributed by atoms with Crippen molar-refractivity contribution in [3.8, 4) is 5.75 Å². The number of thioether (sulfide) groups is 1. The smallest absolute Gasteiger partial charge is 0.251 e. The molecule has 10 heteroatoms. The molecular formula is C22H22ClN5O3S. The van der Waals surface area contributed by atoms with Gasteiger partial charge in [-0.05, 0) is 30.3 Å². The van der Waals surface area contributed by atoms with Crippen molar-refractivity contribution in [1.29, 1.82) is 0 Å². The van der Waals surface area contributed by atoms with Gasteiger partial charge in [-0.15, -0.1) is 16.8 Å². The zero-order valence-electron chi connectivity index (χ0n) is 17.4. The molecule has 0 aliphatic carbocycles. The minimum atomic E-state index is -0.271. The number of benzene rings is 2. The summed E-state index contributed by atoms with van der Waals surface area (Å²) in [5, 5.41) is 15.0. The van der Waals surface area contributed by atoms with Gasteiger partial charge in [-0.25, -0.2) is 0 Å². The number of hydrogen-bond acceptors (Lipinski definition) is 6. The number of methoxy groups -OCH3 is 1. The zero-order chi connectivity index (χ0) is 22.9. The van der Waals surface area contributed by atoms with Crippen molar-refractivity contribution in [2.24, 2.45) is 0 Å². The molecule has 0 radical (unpaired) electrons. The maximum atomic E-state index is 12.4. The zero-order valence-corrected chi connectivity index (χ0v) is 18.9. The molecule has 3 rings (SSSR count). The molecule has 1 aromatic heterocycles. The molecule has 2 aromatic carbocycles. The van der Waals surface area contributed by atoms with Crippen LogP contribution >= 0.6 is 23.4 Å². The number of rotatable bonds is 10. The van der Waals surface area contributed by atoms with E-state index < -0.39 is 0 Å². The second kappa shape index (κ2) is 11.4. The van der Waals surface area contributed by atoms with Crippen LogP contribution in [0.5, 0.6) is 5.75 Å². The number of nitrogens with one attached hydrogen (secondary N) is 2. The lowest BCUT2D eigenvalue weighted by Crippen LogP contribution is -2.24. The maximum absolute atomic E-state index is 12.4. The van der Waals surface area contributed by atoms with E-state index >= 15 is 0 Å². The van der Waals surface area contributed by atoms with Crippen LogP contribution in [0.3, 0.4) is 0 Å². The van der Waals surface area contributed by atoms with Crippen LogP contribution in [0.1, 0.15) is 16.2 Å². The molecule has 1 heterocycles. The molecule has 3 aromatic rings. The highest BCUT2D eigenvalue weighted by Gasteiger charge is 2.15. The standard InChI is InChI=1S/C22H22ClN5O3S/c1-3-10-28-19(13-24-21(30)15-6-4-7-16(23)11-15)26-27-22(28)32-14-20(29)25-17-8-5-9-18(12-17)31-2/h3-9,11-12H,1,10,13-14H2,2H3,(H,24,30)(H,25,29). The Hall–Kier alpha value is -3.30. The normalized spacial score (nSPS) is 10.4. The van der Waals surface area contributed by atoms with Gasteiger partial charge in [-0.3, -0.25) is 9.59 Å². The molecule has 0 aliphatic rings. The summed E-state index contributed by atoms with van der Waals surface area (Å²) in [6.07, 6.45) is 1.70. The first kappa shape index (κ1) is 23.4. The van der Waals surface area contributed by atoms with Crippen molar-refractivity contribution in [2.45, 2.75) is 18.2 Å². The molecule has 0 saturated carbocycles. The van der Waals surface area contributed by atoms with E-state index in [9.17, 15) is 9.59 Å². The third-order valence-electron chi connectivity index (χ3n) is 4.28. The maximum Gasteiger partial charge on any atom is 0.251 e. The topological polar surface area (TPSA) is 98.1 Å². The van der Waals surface area contributed by atoms with E-state index in [4.69, 9.17) is 16.3 Å². The molecule has 32 heavy (non-hydrogen) atoms. The Balaban J connectivity index is 1.60. The predicted octanol–water partition coefficient (Wildman–Crippen LogP) is 3.79. The van der Waals surface area contributed by atoms with Crippen molar-refractivity contribution in [1.82, 2.24) is 20.1 Å². The summed E-state index contributed by atoms with van der Waals surface area (Å²) in [7, 11) is 1.57. The number of aromatic nitrogens is 3. The summed E-state index contributed by atoms with van der Waals surface area (Å²) >= 11 is 7.19. The fraction of sp³-hybridized carbons (Fsp3) is 0.182. The highest BCUT2D eigenvalue weighted by molar-refractivity contribution is 7.99. The third kappa shape index (κ3) is 6.35. The van der Waals surface area contributed by atoms with Gasteiger partial charge in [0.1, 0.15) is 5.75 Å². The van der Waals surface area contributed by atoms with E-state index in [2.05, 4.69) is 27.4 Å². The lowest BCUT2D eigenvalue weighted by Gasteiger charge is -2.09. The van der Waals surface area contributed by atoms with E-state index in [-0.39, 0.29) is 24.1 Å². The first-order valence-corrected chi connectivity index (χ1v) is 11.0. The number of halogens is 1. The second-order valence-electron chi connectivity index (χ2n) is 6.56. The fourth-order valence-corrected chi connectivity index (χ4v) is 3.75. The van der Waals surface area contributed by atoms with Gasteiger partial charge in [-0.1, -0.05) is 41.6 Å². The average Bonchev–Trinajstić information content (AvgIpc) is 3.18. The molecule has 2 amide bonds. The second-order valence-corrected chi connectivity index (χ2v) is 7.94. The monoisotopic (exact) mass is 471 g/mol. The number of carbonyl (C=O) groups excluding carboxylic acids is 2. The van der Waals surface area contributed by atoms with Crippen LogP contribution < -0.4 is 15.4 Å². The van der Waals surface area contributed by atoms with Crippen LogP contribution in [0.15, 0.2) is 66.3 Å². The SMILES string of the molecule is C=CCn1c(CNC(=O)c2cccc(Cl)c2)nnc1SCC(=O)Nc1cccc(OC)c1. The Bertz CT molecular complexity index is 1120. The molecule has 0 bridgehead atoms. The Morgan fingerprint density at radius 3 is 2.78 bits per heavy atom. The predicted molar refractivity (Wildman–Crippen MR) is 125 cm³/mol. The Morgan fingerprint density at radius 2 is 2.03 bits per heavy atom. The Morgan fingerprint density at radius 1 is 1.22 bits per heavy atom. The van der Waals surface area contributed by atoms with Crippen LogP contribution in [0.2, 0.25) is 5.02 Å². The van der Waals surface area contributed by atoms with Gasteiger partial charge in [0.2, 0.25) is 5.91 Å². The molecule has 166 valence electrons. The van der Waals surface area contributed by atoms with Crippen LogP contribution in [0.25, 0.3) is 0 Å². The molecule has 0 unspecified atom stereocenters. The minimum absolute atomic E-state index is 0.140. The number of carbonyl (C=O) groups is 2. The average molecular weight is 472 g/mol. The van der Waals surface area contributed by atoms with Gasteiger partial charge in [0.05, 0.1) is 19.4 Å².